The molecular weight excluding hydrogens is 681 g/mol. The Morgan fingerprint density at radius 2 is 1.17 bits per heavy atom. The number of likely N-dealkylation sites (N-methyl/N-ethyl adjacent to an activating group) is 1. The number of rotatable bonds is 36. The molecule has 0 aliphatic rings. The average molecular weight is 759 g/mol. The number of phosphoric acid groups is 1. The van der Waals surface area contributed by atoms with Crippen LogP contribution in [0.2, 0.25) is 0 Å². The highest BCUT2D eigenvalue weighted by Crippen LogP contribution is 2.43. The van der Waals surface area contributed by atoms with Crippen molar-refractivity contribution >= 4 is 19.8 Å². The van der Waals surface area contributed by atoms with Gasteiger partial charge in [-0.3, -0.25) is 18.6 Å². The average Bonchev–Trinajstić information content (AvgIpc) is 3.60. The molecule has 1 aromatic heterocycles. The Morgan fingerprint density at radius 3 is 1.63 bits per heavy atom. The number of esters is 2. The summed E-state index contributed by atoms with van der Waals surface area (Å²) in [5.74, 6) is -0.814. The molecule has 0 spiro atoms. The van der Waals surface area contributed by atoms with Gasteiger partial charge < -0.3 is 23.4 Å². The monoisotopic (exact) mass is 759 g/mol. The van der Waals surface area contributed by atoms with E-state index in [4.69, 9.17) is 18.5 Å². The van der Waals surface area contributed by atoms with E-state index in [2.05, 4.69) is 16.5 Å². The molecule has 1 heterocycles. The first-order valence-electron chi connectivity index (χ1n) is 20.7. The summed E-state index contributed by atoms with van der Waals surface area (Å²) in [6.07, 6.45) is 30.0. The Kier molecular flexibility index (Phi) is 28.3. The fourth-order valence-electron chi connectivity index (χ4n) is 5.98. The molecule has 1 aromatic rings. The van der Waals surface area contributed by atoms with Crippen LogP contribution in [0.4, 0.5) is 0 Å². The summed E-state index contributed by atoms with van der Waals surface area (Å²) < 4.78 is 36.9. The van der Waals surface area contributed by atoms with Gasteiger partial charge in [-0.25, -0.2) is 9.55 Å². The second kappa shape index (κ2) is 30.5. The van der Waals surface area contributed by atoms with Crippen molar-refractivity contribution in [3.05, 3.63) is 18.7 Å². The standard InChI is InChI=1S/C40H76N3O8P/c1-6-7-8-9-10-11-12-13-14-16-19-22-25-28-39(44)50-37(2)38(35-49-52(46,47)48-34-33-43(3,4)5)51-40(45)29-26-23-20-17-15-18-21-24-27-31-42-32-30-41-36-42/h30,32,36-38H,6-29,31,33-35H2,1-5H3/p+1. The summed E-state index contributed by atoms with van der Waals surface area (Å²) in [7, 11) is 1.45. The second-order valence-corrected chi connectivity index (χ2v) is 17.0. The molecule has 0 bridgehead atoms. The van der Waals surface area contributed by atoms with Crippen molar-refractivity contribution in [1.82, 2.24) is 9.55 Å². The number of hydrogen-bond donors (Lipinski definition) is 1. The summed E-state index contributed by atoms with van der Waals surface area (Å²) in [5.41, 5.74) is 0. The number of carbonyl (C=O) groups is 2. The first-order chi connectivity index (χ1) is 24.9. The van der Waals surface area contributed by atoms with E-state index in [0.29, 0.717) is 17.4 Å². The lowest BCUT2D eigenvalue weighted by atomic mass is 10.0. The minimum absolute atomic E-state index is 0.0255. The van der Waals surface area contributed by atoms with Gasteiger partial charge in [0.2, 0.25) is 0 Å². The topological polar surface area (TPSA) is 126 Å². The molecule has 3 unspecified atom stereocenters. The highest BCUT2D eigenvalue weighted by atomic mass is 31.2. The Hall–Kier alpha value is -1.78. The largest absolute Gasteiger partial charge is 0.472 e. The zero-order chi connectivity index (χ0) is 38.3. The summed E-state index contributed by atoms with van der Waals surface area (Å²) in [4.78, 5) is 39.8. The Labute approximate surface area is 317 Å². The maximum absolute atomic E-state index is 12.8. The normalized spacial score (nSPS) is 14.2. The minimum Gasteiger partial charge on any atom is -0.459 e. The molecule has 0 radical (unpaired) electrons. The molecule has 0 saturated heterocycles. The third kappa shape index (κ3) is 29.6. The van der Waals surface area contributed by atoms with E-state index in [-0.39, 0.29) is 25.4 Å². The van der Waals surface area contributed by atoms with Crippen LogP contribution in [-0.2, 0) is 39.2 Å². The quantitative estimate of drug-likeness (QED) is 0.0308. The van der Waals surface area contributed by atoms with Crippen molar-refractivity contribution in [1.29, 1.82) is 0 Å². The maximum Gasteiger partial charge on any atom is 0.472 e. The van der Waals surface area contributed by atoms with Gasteiger partial charge in [0, 0.05) is 31.8 Å². The molecule has 1 N–H and O–H groups in total. The van der Waals surface area contributed by atoms with Crippen LogP contribution >= 0.6 is 7.82 Å². The highest BCUT2D eigenvalue weighted by Gasteiger charge is 2.30. The molecular formula is C40H77N3O8P+. The fourth-order valence-corrected chi connectivity index (χ4v) is 6.70. The highest BCUT2D eigenvalue weighted by molar-refractivity contribution is 7.47. The SMILES string of the molecule is CCCCCCCCCCCCCCCC(=O)OC(C)C(COP(=O)(O)OCC[N+](C)(C)C)OC(=O)CCCCCCCCCCCn1ccnc1. The van der Waals surface area contributed by atoms with Gasteiger partial charge in [-0.1, -0.05) is 129 Å². The minimum atomic E-state index is -4.40. The first-order valence-corrected chi connectivity index (χ1v) is 22.2. The number of imidazole rings is 1. The van der Waals surface area contributed by atoms with Gasteiger partial charge in [0.15, 0.2) is 6.10 Å². The van der Waals surface area contributed by atoms with Gasteiger partial charge in [0.25, 0.3) is 0 Å². The van der Waals surface area contributed by atoms with Gasteiger partial charge in [-0.15, -0.1) is 0 Å². The van der Waals surface area contributed by atoms with E-state index < -0.39 is 32.6 Å². The van der Waals surface area contributed by atoms with E-state index >= 15 is 0 Å². The molecule has 0 aliphatic heterocycles. The second-order valence-electron chi connectivity index (χ2n) is 15.6. The number of quaternary nitrogens is 1. The van der Waals surface area contributed by atoms with Crippen LogP contribution in [0.1, 0.15) is 168 Å². The number of carbonyl (C=O) groups excluding carboxylic acids is 2. The molecule has 12 heteroatoms. The van der Waals surface area contributed by atoms with Crippen LogP contribution < -0.4 is 0 Å². The smallest absolute Gasteiger partial charge is 0.459 e. The van der Waals surface area contributed by atoms with E-state index in [9.17, 15) is 19.0 Å². The molecule has 0 amide bonds. The van der Waals surface area contributed by atoms with Gasteiger partial charge in [-0.05, 0) is 26.2 Å². The number of ether oxygens (including phenoxy) is 2. The molecule has 52 heavy (non-hydrogen) atoms. The lowest BCUT2D eigenvalue weighted by Crippen LogP contribution is -2.38. The third-order valence-electron chi connectivity index (χ3n) is 9.38. The van der Waals surface area contributed by atoms with Crippen molar-refractivity contribution in [3.63, 3.8) is 0 Å². The lowest BCUT2D eigenvalue weighted by Gasteiger charge is -2.26. The van der Waals surface area contributed by atoms with Crippen molar-refractivity contribution in [2.75, 3.05) is 40.9 Å². The van der Waals surface area contributed by atoms with Gasteiger partial charge >= 0.3 is 19.8 Å². The van der Waals surface area contributed by atoms with Crippen molar-refractivity contribution in [2.45, 2.75) is 187 Å². The van der Waals surface area contributed by atoms with E-state index in [1.165, 1.54) is 96.3 Å². The van der Waals surface area contributed by atoms with Gasteiger partial charge in [0.05, 0.1) is 34.1 Å². The zero-order valence-corrected chi connectivity index (χ0v) is 34.7. The first kappa shape index (κ1) is 48.2. The number of aryl methyl sites for hydroxylation is 1. The van der Waals surface area contributed by atoms with Crippen molar-refractivity contribution in [3.8, 4) is 0 Å². The predicted octanol–water partition coefficient (Wildman–Crippen LogP) is 9.95. The number of nitrogens with zero attached hydrogens (tertiary/aromatic N) is 3. The fraction of sp³-hybridized carbons (Fsp3) is 0.875. The number of unbranched alkanes of at least 4 members (excludes halogenated alkanes) is 20. The third-order valence-corrected chi connectivity index (χ3v) is 10.4. The van der Waals surface area contributed by atoms with Crippen LogP contribution in [0.5, 0.6) is 0 Å². The Bertz CT molecular complexity index is 1050. The Morgan fingerprint density at radius 1 is 0.712 bits per heavy atom. The molecule has 0 fully saturated rings. The van der Waals surface area contributed by atoms with Crippen molar-refractivity contribution < 1.29 is 42.1 Å². The van der Waals surface area contributed by atoms with E-state index in [0.717, 1.165) is 45.1 Å². The lowest BCUT2D eigenvalue weighted by molar-refractivity contribution is -0.870. The van der Waals surface area contributed by atoms with Gasteiger partial charge in [-0.2, -0.15) is 0 Å². The summed E-state index contributed by atoms with van der Waals surface area (Å²) in [5, 5.41) is 0. The molecule has 0 saturated carbocycles. The summed E-state index contributed by atoms with van der Waals surface area (Å²) in [6.45, 7) is 5.01. The molecule has 11 nitrogen and oxygen atoms in total. The van der Waals surface area contributed by atoms with Crippen LogP contribution in [0.15, 0.2) is 18.7 Å². The molecule has 3 atom stereocenters. The van der Waals surface area contributed by atoms with Crippen LogP contribution in [0.25, 0.3) is 0 Å². The zero-order valence-electron chi connectivity index (χ0n) is 33.8. The number of phosphoric ester groups is 1. The summed E-state index contributed by atoms with van der Waals surface area (Å²) >= 11 is 0. The van der Waals surface area contributed by atoms with Crippen LogP contribution in [-0.4, -0.2) is 84.0 Å². The molecule has 304 valence electrons. The predicted molar refractivity (Wildman–Crippen MR) is 209 cm³/mol. The van der Waals surface area contributed by atoms with Crippen LogP contribution in [0, 0.1) is 0 Å². The molecule has 0 aliphatic carbocycles. The molecule has 0 aromatic carbocycles. The number of aromatic nitrogens is 2. The maximum atomic E-state index is 12.8. The summed E-state index contributed by atoms with van der Waals surface area (Å²) in [6, 6.07) is 0. The number of hydrogen-bond acceptors (Lipinski definition) is 8. The molecule has 1 rings (SSSR count). The van der Waals surface area contributed by atoms with E-state index in [1.807, 2.05) is 39.9 Å². The van der Waals surface area contributed by atoms with Crippen LogP contribution in [0.3, 0.4) is 0 Å². The van der Waals surface area contributed by atoms with Crippen molar-refractivity contribution in [2.24, 2.45) is 0 Å². The van der Waals surface area contributed by atoms with E-state index in [1.54, 1.807) is 6.92 Å². The Balaban J connectivity index is 2.35. The van der Waals surface area contributed by atoms with Gasteiger partial charge in [0.1, 0.15) is 19.3 Å².